The molecule has 1 aromatic rings. The summed E-state index contributed by atoms with van der Waals surface area (Å²) in [4.78, 5) is 14.1. The lowest BCUT2D eigenvalue weighted by atomic mass is 10.2. The number of rotatable bonds is 2. The SMILES string of the molecule is CC(C(=O)N1CCN[C@H](C)C1)n1cccn1.Cl.Cl. The molecule has 7 heteroatoms. The molecule has 5 nitrogen and oxygen atoms in total. The van der Waals surface area contributed by atoms with Crippen LogP contribution in [0, 0.1) is 0 Å². The van der Waals surface area contributed by atoms with Crippen molar-refractivity contribution < 1.29 is 4.79 Å². The number of hydrogen-bond donors (Lipinski definition) is 1. The van der Waals surface area contributed by atoms with E-state index in [9.17, 15) is 4.79 Å². The highest BCUT2D eigenvalue weighted by atomic mass is 35.5. The zero-order valence-electron chi connectivity index (χ0n) is 10.6. The van der Waals surface area contributed by atoms with Crippen molar-refractivity contribution in [3.8, 4) is 0 Å². The molecule has 0 bridgehead atoms. The molecule has 0 radical (unpaired) electrons. The van der Waals surface area contributed by atoms with E-state index >= 15 is 0 Å². The van der Waals surface area contributed by atoms with Gasteiger partial charge in [0.05, 0.1) is 0 Å². The third kappa shape index (κ3) is 3.86. The lowest BCUT2D eigenvalue weighted by molar-refractivity contribution is -0.135. The van der Waals surface area contributed by atoms with E-state index in [4.69, 9.17) is 0 Å². The van der Waals surface area contributed by atoms with Crippen LogP contribution in [0.15, 0.2) is 18.5 Å². The predicted octanol–water partition coefficient (Wildman–Crippen LogP) is 1.11. The molecule has 1 aliphatic heterocycles. The second kappa shape index (κ2) is 7.61. The van der Waals surface area contributed by atoms with Crippen LogP contribution in [-0.2, 0) is 4.79 Å². The summed E-state index contributed by atoms with van der Waals surface area (Å²) in [6, 6.07) is 2.01. The number of nitrogens with one attached hydrogen (secondary N) is 1. The molecule has 1 N–H and O–H groups in total. The third-order valence-corrected chi connectivity index (χ3v) is 2.96. The molecule has 0 saturated carbocycles. The highest BCUT2D eigenvalue weighted by Crippen LogP contribution is 2.10. The van der Waals surface area contributed by atoms with Crippen molar-refractivity contribution in [3.63, 3.8) is 0 Å². The van der Waals surface area contributed by atoms with Gasteiger partial charge in [0.25, 0.3) is 0 Å². The van der Waals surface area contributed by atoms with Gasteiger partial charge < -0.3 is 10.2 Å². The molecule has 1 aromatic heterocycles. The van der Waals surface area contributed by atoms with Crippen molar-refractivity contribution in [3.05, 3.63) is 18.5 Å². The Morgan fingerprint density at radius 1 is 1.50 bits per heavy atom. The summed E-state index contributed by atoms with van der Waals surface area (Å²) in [5.41, 5.74) is 0. The second-order valence-corrected chi connectivity index (χ2v) is 4.30. The van der Waals surface area contributed by atoms with E-state index < -0.39 is 0 Å². The minimum atomic E-state index is -0.208. The van der Waals surface area contributed by atoms with E-state index in [1.54, 1.807) is 10.9 Å². The van der Waals surface area contributed by atoms with Crippen LogP contribution in [0.2, 0.25) is 0 Å². The summed E-state index contributed by atoms with van der Waals surface area (Å²) in [6.45, 7) is 6.43. The molecule has 1 unspecified atom stereocenters. The summed E-state index contributed by atoms with van der Waals surface area (Å²) in [5.74, 6) is 0.150. The third-order valence-electron chi connectivity index (χ3n) is 2.96. The van der Waals surface area contributed by atoms with Crippen LogP contribution in [0.1, 0.15) is 19.9 Å². The van der Waals surface area contributed by atoms with Crippen molar-refractivity contribution in [2.45, 2.75) is 25.9 Å². The molecule has 2 rings (SSSR count). The maximum atomic E-state index is 12.2. The van der Waals surface area contributed by atoms with Crippen molar-refractivity contribution in [1.29, 1.82) is 0 Å². The first-order valence-electron chi connectivity index (χ1n) is 5.70. The van der Waals surface area contributed by atoms with E-state index in [1.807, 2.05) is 24.1 Å². The van der Waals surface area contributed by atoms with Gasteiger partial charge in [-0.3, -0.25) is 9.48 Å². The average Bonchev–Trinajstić information content (AvgIpc) is 2.80. The summed E-state index contributed by atoms with van der Waals surface area (Å²) >= 11 is 0. The maximum absolute atomic E-state index is 12.2. The first-order valence-corrected chi connectivity index (χ1v) is 5.70. The van der Waals surface area contributed by atoms with E-state index in [-0.39, 0.29) is 36.8 Å². The van der Waals surface area contributed by atoms with Gasteiger partial charge in [0.1, 0.15) is 6.04 Å². The Morgan fingerprint density at radius 2 is 2.22 bits per heavy atom. The molecule has 1 aliphatic rings. The summed E-state index contributed by atoms with van der Waals surface area (Å²) in [7, 11) is 0. The van der Waals surface area contributed by atoms with Crippen LogP contribution in [0.25, 0.3) is 0 Å². The number of halogens is 2. The number of hydrogen-bond acceptors (Lipinski definition) is 3. The van der Waals surface area contributed by atoms with E-state index in [0.717, 1.165) is 19.6 Å². The average molecular weight is 295 g/mol. The highest BCUT2D eigenvalue weighted by Gasteiger charge is 2.25. The lowest BCUT2D eigenvalue weighted by Gasteiger charge is -2.33. The van der Waals surface area contributed by atoms with Gasteiger partial charge in [-0.2, -0.15) is 5.10 Å². The van der Waals surface area contributed by atoms with Crippen LogP contribution in [0.4, 0.5) is 0 Å². The normalized spacial score (nSPS) is 20.6. The number of piperazine rings is 1. The van der Waals surface area contributed by atoms with Gasteiger partial charge in [0.15, 0.2) is 0 Å². The minimum Gasteiger partial charge on any atom is -0.338 e. The van der Waals surface area contributed by atoms with Gasteiger partial charge in [-0.1, -0.05) is 0 Å². The number of carbonyl (C=O) groups excluding carboxylic acids is 1. The van der Waals surface area contributed by atoms with Gasteiger partial charge in [-0.25, -0.2) is 0 Å². The quantitative estimate of drug-likeness (QED) is 0.889. The molecule has 1 fully saturated rings. The molecule has 1 amide bonds. The fourth-order valence-electron chi connectivity index (χ4n) is 2.02. The summed E-state index contributed by atoms with van der Waals surface area (Å²) < 4.78 is 1.70. The van der Waals surface area contributed by atoms with Gasteiger partial charge in [0, 0.05) is 38.1 Å². The lowest BCUT2D eigenvalue weighted by Crippen LogP contribution is -2.52. The van der Waals surface area contributed by atoms with Gasteiger partial charge in [-0.15, -0.1) is 24.8 Å². The zero-order valence-corrected chi connectivity index (χ0v) is 12.2. The zero-order chi connectivity index (χ0) is 11.5. The standard InChI is InChI=1S/C11H18N4O.2ClH/c1-9-8-14(7-5-12-9)11(16)10(2)15-6-3-4-13-15;;/h3-4,6,9-10,12H,5,7-8H2,1-2H3;2*1H/t9-,10?;;/m1../s1. The van der Waals surface area contributed by atoms with Crippen LogP contribution in [0.5, 0.6) is 0 Å². The van der Waals surface area contributed by atoms with E-state index in [0.29, 0.717) is 6.04 Å². The van der Waals surface area contributed by atoms with E-state index in [1.165, 1.54) is 0 Å². The van der Waals surface area contributed by atoms with Gasteiger partial charge in [0.2, 0.25) is 5.91 Å². The maximum Gasteiger partial charge on any atom is 0.247 e. The van der Waals surface area contributed by atoms with Crippen LogP contribution < -0.4 is 5.32 Å². The Bertz CT molecular complexity index is 358. The van der Waals surface area contributed by atoms with Crippen molar-refractivity contribution in [2.75, 3.05) is 19.6 Å². The molecule has 0 aliphatic carbocycles. The molecule has 18 heavy (non-hydrogen) atoms. The Hall–Kier alpha value is -0.780. The van der Waals surface area contributed by atoms with Gasteiger partial charge >= 0.3 is 0 Å². The fourth-order valence-corrected chi connectivity index (χ4v) is 2.02. The Morgan fingerprint density at radius 3 is 2.78 bits per heavy atom. The molecule has 0 spiro atoms. The monoisotopic (exact) mass is 294 g/mol. The van der Waals surface area contributed by atoms with Crippen molar-refractivity contribution >= 4 is 30.7 Å². The highest BCUT2D eigenvalue weighted by molar-refractivity contribution is 5.85. The van der Waals surface area contributed by atoms with Crippen molar-refractivity contribution in [2.24, 2.45) is 0 Å². The minimum absolute atomic E-state index is 0. The van der Waals surface area contributed by atoms with Gasteiger partial charge in [-0.05, 0) is 19.9 Å². The molecule has 1 saturated heterocycles. The molecule has 0 aromatic carbocycles. The Kier molecular flexibility index (Phi) is 7.28. The van der Waals surface area contributed by atoms with Crippen LogP contribution >= 0.6 is 24.8 Å². The predicted molar refractivity (Wildman–Crippen MR) is 75.5 cm³/mol. The van der Waals surface area contributed by atoms with Crippen LogP contribution in [0.3, 0.4) is 0 Å². The fraction of sp³-hybridized carbons (Fsp3) is 0.636. The topological polar surface area (TPSA) is 50.2 Å². The summed E-state index contributed by atoms with van der Waals surface area (Å²) in [6.07, 6.45) is 3.53. The smallest absolute Gasteiger partial charge is 0.247 e. The summed E-state index contributed by atoms with van der Waals surface area (Å²) in [5, 5.41) is 7.43. The second-order valence-electron chi connectivity index (χ2n) is 4.30. The number of nitrogens with zero attached hydrogens (tertiary/aromatic N) is 3. The number of amides is 1. The molecular formula is C11H20Cl2N4O. The number of carbonyl (C=O) groups is 1. The largest absolute Gasteiger partial charge is 0.338 e. The number of aromatic nitrogens is 2. The Labute approximate surface area is 120 Å². The van der Waals surface area contributed by atoms with Crippen LogP contribution in [-0.4, -0.2) is 46.3 Å². The Balaban J connectivity index is 0.00000144. The molecule has 104 valence electrons. The first-order chi connectivity index (χ1) is 7.68. The van der Waals surface area contributed by atoms with E-state index in [2.05, 4.69) is 17.3 Å². The molecule has 2 heterocycles. The molecule has 2 atom stereocenters. The molecular weight excluding hydrogens is 275 g/mol. The van der Waals surface area contributed by atoms with Crippen molar-refractivity contribution in [1.82, 2.24) is 20.0 Å². The first kappa shape index (κ1) is 17.2.